The Hall–Kier alpha value is -1.06. The van der Waals surface area contributed by atoms with E-state index in [0.29, 0.717) is 6.54 Å². The van der Waals surface area contributed by atoms with Crippen LogP contribution in [0.25, 0.3) is 0 Å². The van der Waals surface area contributed by atoms with E-state index in [0.717, 1.165) is 18.5 Å². The van der Waals surface area contributed by atoms with Gasteiger partial charge in [0, 0.05) is 19.3 Å². The number of anilines is 1. The van der Waals surface area contributed by atoms with Crippen molar-refractivity contribution in [2.24, 2.45) is 5.73 Å². The molecular weight excluding hydrogens is 224 g/mol. The van der Waals surface area contributed by atoms with Crippen LogP contribution in [0.4, 0.5) is 5.69 Å². The third-order valence-corrected chi connectivity index (χ3v) is 4.02. The SMILES string of the molecule is COC1CCCCC1(CN)Nc1cccc(C)c1. The minimum absolute atomic E-state index is 0.110. The lowest BCUT2D eigenvalue weighted by Gasteiger charge is -2.44. The Kier molecular flexibility index (Phi) is 4.25. The van der Waals surface area contributed by atoms with Gasteiger partial charge in [-0.1, -0.05) is 25.0 Å². The van der Waals surface area contributed by atoms with Crippen LogP contribution in [-0.2, 0) is 4.74 Å². The summed E-state index contributed by atoms with van der Waals surface area (Å²) in [5.74, 6) is 0. The number of aryl methyl sites for hydroxylation is 1. The molecule has 0 bridgehead atoms. The molecule has 2 rings (SSSR count). The lowest BCUT2D eigenvalue weighted by atomic mass is 9.78. The molecule has 0 spiro atoms. The summed E-state index contributed by atoms with van der Waals surface area (Å²) >= 11 is 0. The van der Waals surface area contributed by atoms with Crippen LogP contribution in [0.3, 0.4) is 0 Å². The zero-order chi connectivity index (χ0) is 13.0. The number of benzene rings is 1. The molecule has 3 N–H and O–H groups in total. The number of nitrogens with two attached hydrogens (primary N) is 1. The van der Waals surface area contributed by atoms with Crippen molar-refractivity contribution < 1.29 is 4.74 Å². The van der Waals surface area contributed by atoms with E-state index in [1.165, 1.54) is 18.4 Å². The normalized spacial score (nSPS) is 28.1. The van der Waals surface area contributed by atoms with E-state index in [-0.39, 0.29) is 11.6 Å². The van der Waals surface area contributed by atoms with Gasteiger partial charge >= 0.3 is 0 Å². The third kappa shape index (κ3) is 2.68. The van der Waals surface area contributed by atoms with Crippen molar-refractivity contribution in [2.75, 3.05) is 19.0 Å². The number of nitrogens with one attached hydrogen (secondary N) is 1. The van der Waals surface area contributed by atoms with Crippen molar-refractivity contribution in [3.8, 4) is 0 Å². The van der Waals surface area contributed by atoms with E-state index in [1.807, 2.05) is 0 Å². The van der Waals surface area contributed by atoms with Crippen molar-refractivity contribution in [3.63, 3.8) is 0 Å². The molecule has 18 heavy (non-hydrogen) atoms. The van der Waals surface area contributed by atoms with Gasteiger partial charge in [-0.2, -0.15) is 0 Å². The van der Waals surface area contributed by atoms with Gasteiger partial charge in [-0.3, -0.25) is 0 Å². The molecule has 1 fully saturated rings. The molecular formula is C15H24N2O. The van der Waals surface area contributed by atoms with E-state index >= 15 is 0 Å². The summed E-state index contributed by atoms with van der Waals surface area (Å²) in [5.41, 5.74) is 8.34. The zero-order valence-electron chi connectivity index (χ0n) is 11.4. The molecule has 0 aliphatic heterocycles. The lowest BCUT2D eigenvalue weighted by molar-refractivity contribution is 0.0190. The zero-order valence-corrected chi connectivity index (χ0v) is 11.4. The maximum atomic E-state index is 6.05. The van der Waals surface area contributed by atoms with Gasteiger partial charge in [0.05, 0.1) is 11.6 Å². The highest BCUT2D eigenvalue weighted by Crippen LogP contribution is 2.33. The molecule has 2 atom stereocenters. The van der Waals surface area contributed by atoms with E-state index in [4.69, 9.17) is 10.5 Å². The lowest BCUT2D eigenvalue weighted by Crippen LogP contribution is -2.57. The smallest absolute Gasteiger partial charge is 0.0813 e. The number of methoxy groups -OCH3 is 1. The minimum atomic E-state index is -0.110. The average Bonchev–Trinajstić information content (AvgIpc) is 2.39. The van der Waals surface area contributed by atoms with E-state index in [2.05, 4.69) is 36.5 Å². The number of hydrogen-bond acceptors (Lipinski definition) is 3. The Bertz CT molecular complexity index is 394. The fourth-order valence-corrected chi connectivity index (χ4v) is 2.99. The first-order valence-corrected chi connectivity index (χ1v) is 6.78. The Morgan fingerprint density at radius 3 is 2.94 bits per heavy atom. The highest BCUT2D eigenvalue weighted by atomic mass is 16.5. The van der Waals surface area contributed by atoms with Gasteiger partial charge in [0.15, 0.2) is 0 Å². The standard InChI is InChI=1S/C15H24N2O/c1-12-6-5-7-13(10-12)17-15(11-16)9-4-3-8-14(15)18-2/h5-7,10,14,17H,3-4,8-9,11,16H2,1-2H3. The molecule has 0 amide bonds. The van der Waals surface area contributed by atoms with Gasteiger partial charge in [0.25, 0.3) is 0 Å². The summed E-state index contributed by atoms with van der Waals surface area (Å²) in [7, 11) is 1.79. The second-order valence-electron chi connectivity index (χ2n) is 5.32. The van der Waals surface area contributed by atoms with Crippen LogP contribution in [0.5, 0.6) is 0 Å². The summed E-state index contributed by atoms with van der Waals surface area (Å²) in [5, 5.41) is 3.64. The molecule has 3 heteroatoms. The van der Waals surface area contributed by atoms with E-state index in [9.17, 15) is 0 Å². The fourth-order valence-electron chi connectivity index (χ4n) is 2.99. The summed E-state index contributed by atoms with van der Waals surface area (Å²) in [6.07, 6.45) is 4.82. The average molecular weight is 248 g/mol. The minimum Gasteiger partial charge on any atom is -0.379 e. The van der Waals surface area contributed by atoms with Crippen molar-refractivity contribution in [1.29, 1.82) is 0 Å². The summed E-state index contributed by atoms with van der Waals surface area (Å²) in [6, 6.07) is 8.45. The van der Waals surface area contributed by atoms with Crippen LogP contribution >= 0.6 is 0 Å². The van der Waals surface area contributed by atoms with E-state index in [1.54, 1.807) is 7.11 Å². The topological polar surface area (TPSA) is 47.3 Å². The predicted octanol–water partition coefficient (Wildman–Crippen LogP) is 2.69. The van der Waals surface area contributed by atoms with Crippen molar-refractivity contribution in [3.05, 3.63) is 29.8 Å². The quantitative estimate of drug-likeness (QED) is 0.861. The summed E-state index contributed by atoms with van der Waals surface area (Å²) < 4.78 is 5.66. The summed E-state index contributed by atoms with van der Waals surface area (Å²) in [4.78, 5) is 0. The Morgan fingerprint density at radius 1 is 1.44 bits per heavy atom. The molecule has 100 valence electrons. The van der Waals surface area contributed by atoms with Crippen LogP contribution in [0, 0.1) is 6.92 Å². The Balaban J connectivity index is 2.21. The predicted molar refractivity (Wildman–Crippen MR) is 75.9 cm³/mol. The summed E-state index contributed by atoms with van der Waals surface area (Å²) in [6.45, 7) is 2.72. The van der Waals surface area contributed by atoms with Crippen molar-refractivity contribution in [1.82, 2.24) is 0 Å². The number of ether oxygens (including phenoxy) is 1. The van der Waals surface area contributed by atoms with Crippen LogP contribution in [-0.4, -0.2) is 25.3 Å². The maximum Gasteiger partial charge on any atom is 0.0813 e. The van der Waals surface area contributed by atoms with Crippen LogP contribution in [0.15, 0.2) is 24.3 Å². The first-order chi connectivity index (χ1) is 8.70. The second kappa shape index (κ2) is 5.72. The van der Waals surface area contributed by atoms with Gasteiger partial charge in [-0.25, -0.2) is 0 Å². The number of rotatable bonds is 4. The Labute approximate surface area is 110 Å². The van der Waals surface area contributed by atoms with Crippen LogP contribution in [0.2, 0.25) is 0 Å². The van der Waals surface area contributed by atoms with Crippen molar-refractivity contribution >= 4 is 5.69 Å². The third-order valence-electron chi connectivity index (χ3n) is 4.02. The Morgan fingerprint density at radius 2 is 2.28 bits per heavy atom. The molecule has 0 saturated heterocycles. The van der Waals surface area contributed by atoms with E-state index < -0.39 is 0 Å². The second-order valence-corrected chi connectivity index (χ2v) is 5.32. The fraction of sp³-hybridized carbons (Fsp3) is 0.600. The highest BCUT2D eigenvalue weighted by molar-refractivity contribution is 5.48. The molecule has 0 radical (unpaired) electrons. The molecule has 1 aliphatic carbocycles. The van der Waals surface area contributed by atoms with Gasteiger partial charge in [-0.15, -0.1) is 0 Å². The molecule has 1 saturated carbocycles. The molecule has 0 heterocycles. The first kappa shape index (κ1) is 13.4. The van der Waals surface area contributed by atoms with Gasteiger partial charge in [0.2, 0.25) is 0 Å². The molecule has 0 aromatic heterocycles. The molecule has 1 aromatic rings. The van der Waals surface area contributed by atoms with Gasteiger partial charge in [0.1, 0.15) is 0 Å². The largest absolute Gasteiger partial charge is 0.379 e. The van der Waals surface area contributed by atoms with Crippen LogP contribution < -0.4 is 11.1 Å². The van der Waals surface area contributed by atoms with Gasteiger partial charge < -0.3 is 15.8 Å². The van der Waals surface area contributed by atoms with Crippen LogP contribution in [0.1, 0.15) is 31.2 Å². The molecule has 2 unspecified atom stereocenters. The maximum absolute atomic E-state index is 6.05. The molecule has 3 nitrogen and oxygen atoms in total. The highest BCUT2D eigenvalue weighted by Gasteiger charge is 2.39. The monoisotopic (exact) mass is 248 g/mol. The van der Waals surface area contributed by atoms with Crippen molar-refractivity contribution in [2.45, 2.75) is 44.2 Å². The van der Waals surface area contributed by atoms with Gasteiger partial charge in [-0.05, 0) is 37.5 Å². The number of hydrogen-bond donors (Lipinski definition) is 2. The first-order valence-electron chi connectivity index (χ1n) is 6.78. The molecule has 1 aromatic carbocycles. The molecule has 1 aliphatic rings.